The summed E-state index contributed by atoms with van der Waals surface area (Å²) in [6, 6.07) is 3.86. The maximum Gasteiger partial charge on any atom is 0.224 e. The zero-order valence-electron chi connectivity index (χ0n) is 13.9. The van der Waals surface area contributed by atoms with E-state index in [-0.39, 0.29) is 11.9 Å². The van der Waals surface area contributed by atoms with Crippen molar-refractivity contribution in [3.8, 4) is 0 Å². The van der Waals surface area contributed by atoms with Crippen molar-refractivity contribution in [1.82, 2.24) is 10.3 Å². The van der Waals surface area contributed by atoms with Crippen LogP contribution in [0.1, 0.15) is 28.8 Å². The topological polar surface area (TPSA) is 74.4 Å². The second-order valence-electron chi connectivity index (χ2n) is 6.46. The van der Waals surface area contributed by atoms with Gasteiger partial charge in [0.25, 0.3) is 0 Å². The molecule has 0 saturated carbocycles. The van der Waals surface area contributed by atoms with Gasteiger partial charge in [0.15, 0.2) is 0 Å². The number of aryl methyl sites for hydroxylation is 3. The summed E-state index contributed by atoms with van der Waals surface area (Å²) in [6.07, 6.45) is 0.343. The molecule has 3 N–H and O–H groups in total. The molecule has 1 aliphatic rings. The number of aromatic nitrogens is 1. The van der Waals surface area contributed by atoms with Crippen molar-refractivity contribution in [2.24, 2.45) is 0 Å². The summed E-state index contributed by atoms with van der Waals surface area (Å²) in [5.41, 5.74) is 5.50. The van der Waals surface area contributed by atoms with Crippen LogP contribution in [0.3, 0.4) is 0 Å². The average molecular weight is 316 g/mol. The zero-order valence-corrected chi connectivity index (χ0v) is 13.9. The summed E-state index contributed by atoms with van der Waals surface area (Å²) in [5.74, 6) is -0.0792. The zero-order chi connectivity index (χ0) is 16.6. The molecule has 2 aromatic rings. The Hall–Kier alpha value is -1.85. The number of benzene rings is 1. The van der Waals surface area contributed by atoms with Gasteiger partial charge in [-0.25, -0.2) is 0 Å². The third kappa shape index (κ3) is 3.12. The highest BCUT2D eigenvalue weighted by molar-refractivity contribution is 5.93. The number of aromatic amines is 1. The van der Waals surface area contributed by atoms with E-state index in [1.54, 1.807) is 0 Å². The quantitative estimate of drug-likeness (QED) is 0.810. The van der Waals surface area contributed by atoms with E-state index in [1.807, 2.05) is 6.92 Å². The van der Waals surface area contributed by atoms with Gasteiger partial charge in [-0.05, 0) is 43.9 Å². The molecule has 124 valence electrons. The first-order valence-electron chi connectivity index (χ1n) is 8.10. The van der Waals surface area contributed by atoms with E-state index in [0.717, 1.165) is 22.2 Å². The van der Waals surface area contributed by atoms with Crippen LogP contribution in [0.2, 0.25) is 0 Å². The highest BCUT2D eigenvalue weighted by Crippen LogP contribution is 2.28. The number of aliphatic hydroxyl groups is 1. The Morgan fingerprint density at radius 1 is 1.35 bits per heavy atom. The van der Waals surface area contributed by atoms with Crippen LogP contribution in [0.5, 0.6) is 0 Å². The van der Waals surface area contributed by atoms with Crippen LogP contribution in [0.25, 0.3) is 10.9 Å². The molecule has 5 heteroatoms. The Labute approximate surface area is 136 Å². The van der Waals surface area contributed by atoms with Crippen LogP contribution in [-0.4, -0.2) is 41.4 Å². The molecular formula is C18H24N2O3. The number of ether oxygens (including phenoxy) is 1. The molecule has 1 aromatic carbocycles. The van der Waals surface area contributed by atoms with Gasteiger partial charge < -0.3 is 20.1 Å². The van der Waals surface area contributed by atoms with Crippen LogP contribution in [0.4, 0.5) is 0 Å². The van der Waals surface area contributed by atoms with Gasteiger partial charge in [0.2, 0.25) is 5.91 Å². The summed E-state index contributed by atoms with van der Waals surface area (Å²) in [5, 5.41) is 14.0. The van der Waals surface area contributed by atoms with Gasteiger partial charge >= 0.3 is 0 Å². The molecule has 1 saturated heterocycles. The lowest BCUT2D eigenvalue weighted by atomic mass is 10.0. The monoisotopic (exact) mass is 316 g/mol. The average Bonchev–Trinajstić information content (AvgIpc) is 2.84. The Kier molecular flexibility index (Phi) is 4.41. The summed E-state index contributed by atoms with van der Waals surface area (Å²) in [4.78, 5) is 15.8. The highest BCUT2D eigenvalue weighted by Gasteiger charge is 2.26. The lowest BCUT2D eigenvalue weighted by Gasteiger charge is -2.28. The minimum Gasteiger partial charge on any atom is -0.391 e. The lowest BCUT2D eigenvalue weighted by molar-refractivity contribution is -0.124. The number of hydrogen-bond donors (Lipinski definition) is 3. The van der Waals surface area contributed by atoms with Crippen molar-refractivity contribution in [3.63, 3.8) is 0 Å². The Bertz CT molecular complexity index is 735. The van der Waals surface area contributed by atoms with E-state index < -0.39 is 6.10 Å². The summed E-state index contributed by atoms with van der Waals surface area (Å²) in [6.45, 7) is 7.05. The van der Waals surface area contributed by atoms with Crippen molar-refractivity contribution >= 4 is 16.8 Å². The third-order valence-electron chi connectivity index (χ3n) is 4.69. The minimum atomic E-state index is -0.527. The number of aliphatic hydroxyl groups excluding tert-OH is 1. The molecule has 1 aliphatic heterocycles. The molecule has 2 atom stereocenters. The van der Waals surface area contributed by atoms with Gasteiger partial charge in [0, 0.05) is 23.2 Å². The first-order valence-corrected chi connectivity index (χ1v) is 8.10. The number of nitrogens with one attached hydrogen (secondary N) is 2. The molecule has 0 radical (unpaired) electrons. The molecule has 0 spiro atoms. The molecule has 1 fully saturated rings. The summed E-state index contributed by atoms with van der Waals surface area (Å²) < 4.78 is 5.34. The van der Waals surface area contributed by atoms with Crippen LogP contribution in [-0.2, 0) is 16.0 Å². The van der Waals surface area contributed by atoms with Gasteiger partial charge in [-0.3, -0.25) is 4.79 Å². The summed E-state index contributed by atoms with van der Waals surface area (Å²) >= 11 is 0. The molecule has 1 amide bonds. The van der Waals surface area contributed by atoms with Crippen LogP contribution in [0, 0.1) is 20.8 Å². The number of H-pyrrole nitrogens is 1. The Morgan fingerprint density at radius 3 is 2.83 bits per heavy atom. The maximum atomic E-state index is 12.4. The third-order valence-corrected chi connectivity index (χ3v) is 4.69. The normalized spacial score (nSPS) is 21.6. The van der Waals surface area contributed by atoms with Crippen molar-refractivity contribution in [1.29, 1.82) is 0 Å². The standard InChI is InChI=1S/C18H24N2O3/c1-10-4-5-11(2)18-17(10)13(12(3)19-18)8-16(22)20-14-9-23-7-6-15(14)21/h4-5,14-15,19,21H,6-9H2,1-3H3,(H,20,22)/t14-,15-/m1/s1. The fourth-order valence-corrected chi connectivity index (χ4v) is 3.32. The molecule has 0 unspecified atom stereocenters. The van der Waals surface area contributed by atoms with Crippen molar-refractivity contribution in [3.05, 3.63) is 34.5 Å². The van der Waals surface area contributed by atoms with Crippen LogP contribution in [0.15, 0.2) is 12.1 Å². The summed E-state index contributed by atoms with van der Waals surface area (Å²) in [7, 11) is 0. The molecule has 3 rings (SSSR count). The first-order chi connectivity index (χ1) is 11.0. The predicted molar refractivity (Wildman–Crippen MR) is 89.6 cm³/mol. The van der Waals surface area contributed by atoms with Gasteiger partial charge in [-0.1, -0.05) is 12.1 Å². The van der Waals surface area contributed by atoms with E-state index in [2.05, 4.69) is 36.3 Å². The number of carbonyl (C=O) groups is 1. The van der Waals surface area contributed by atoms with Crippen LogP contribution < -0.4 is 5.32 Å². The smallest absolute Gasteiger partial charge is 0.224 e. The number of hydrogen-bond acceptors (Lipinski definition) is 3. The molecule has 0 bridgehead atoms. The maximum absolute atomic E-state index is 12.4. The van der Waals surface area contributed by atoms with Gasteiger partial charge in [-0.15, -0.1) is 0 Å². The largest absolute Gasteiger partial charge is 0.391 e. The molecule has 5 nitrogen and oxygen atoms in total. The second-order valence-corrected chi connectivity index (χ2v) is 6.46. The number of rotatable bonds is 3. The minimum absolute atomic E-state index is 0.0792. The molecule has 2 heterocycles. The van der Waals surface area contributed by atoms with E-state index >= 15 is 0 Å². The van der Waals surface area contributed by atoms with Gasteiger partial charge in [0.1, 0.15) is 0 Å². The van der Waals surface area contributed by atoms with Crippen molar-refractivity contribution in [2.75, 3.05) is 13.2 Å². The second kappa shape index (κ2) is 6.34. The Morgan fingerprint density at radius 2 is 2.09 bits per heavy atom. The van der Waals surface area contributed by atoms with Crippen molar-refractivity contribution < 1.29 is 14.6 Å². The lowest BCUT2D eigenvalue weighted by Crippen LogP contribution is -2.49. The number of amides is 1. The number of carbonyl (C=O) groups excluding carboxylic acids is 1. The SMILES string of the molecule is Cc1[nH]c2c(C)ccc(C)c2c1CC(=O)N[C@@H]1COCC[C@H]1O. The van der Waals surface area contributed by atoms with Gasteiger partial charge in [0.05, 0.1) is 25.2 Å². The fraction of sp³-hybridized carbons (Fsp3) is 0.500. The van der Waals surface area contributed by atoms with E-state index in [1.165, 1.54) is 11.1 Å². The van der Waals surface area contributed by atoms with E-state index in [9.17, 15) is 9.90 Å². The van der Waals surface area contributed by atoms with E-state index in [0.29, 0.717) is 26.1 Å². The Balaban J connectivity index is 1.82. The van der Waals surface area contributed by atoms with Crippen molar-refractivity contribution in [2.45, 2.75) is 45.8 Å². The van der Waals surface area contributed by atoms with Gasteiger partial charge in [-0.2, -0.15) is 0 Å². The fourth-order valence-electron chi connectivity index (χ4n) is 3.32. The number of fused-ring (bicyclic) bond motifs is 1. The first kappa shape index (κ1) is 16.0. The van der Waals surface area contributed by atoms with E-state index in [4.69, 9.17) is 4.74 Å². The highest BCUT2D eigenvalue weighted by atomic mass is 16.5. The molecule has 23 heavy (non-hydrogen) atoms. The molecule has 0 aliphatic carbocycles. The molecule has 1 aromatic heterocycles. The predicted octanol–water partition coefficient (Wildman–Crippen LogP) is 1.90. The van der Waals surface area contributed by atoms with Crippen LogP contribution >= 0.6 is 0 Å². The molecular weight excluding hydrogens is 292 g/mol.